The van der Waals surface area contributed by atoms with E-state index in [9.17, 15) is 18.0 Å². The molecule has 106 valence electrons. The lowest BCUT2D eigenvalue weighted by Gasteiger charge is -2.19. The molecule has 0 saturated heterocycles. The number of alkyl halides is 3. The van der Waals surface area contributed by atoms with Gasteiger partial charge in [0, 0.05) is 4.90 Å². The molecule has 1 atom stereocenters. The summed E-state index contributed by atoms with van der Waals surface area (Å²) in [5.41, 5.74) is -3.64. The fourth-order valence-electron chi connectivity index (χ4n) is 1.80. The lowest BCUT2D eigenvalue weighted by molar-refractivity contribution is -0.143. The average Bonchev–Trinajstić information content (AvgIpc) is 2.29. The van der Waals surface area contributed by atoms with Gasteiger partial charge in [-0.05, 0) is 35.4 Å². The van der Waals surface area contributed by atoms with Crippen LogP contribution in [0.15, 0.2) is 29.2 Å². The molecule has 6 heteroatoms. The Kier molecular flexibility index (Phi) is 5.29. The van der Waals surface area contributed by atoms with Crippen molar-refractivity contribution in [2.75, 3.05) is 7.11 Å². The van der Waals surface area contributed by atoms with Crippen molar-refractivity contribution in [2.45, 2.75) is 30.2 Å². The van der Waals surface area contributed by atoms with Crippen LogP contribution < -0.4 is 0 Å². The molecule has 0 N–H and O–H groups in total. The van der Waals surface area contributed by atoms with Gasteiger partial charge in [-0.1, -0.05) is 26.0 Å². The Morgan fingerprint density at radius 1 is 1.21 bits per heavy atom. The van der Waals surface area contributed by atoms with Gasteiger partial charge in [0.1, 0.15) is 0 Å². The number of rotatable bonds is 4. The fourth-order valence-corrected chi connectivity index (χ4v) is 2.34. The maximum absolute atomic E-state index is 12.2. The first kappa shape index (κ1) is 15.9. The lowest BCUT2D eigenvalue weighted by Crippen LogP contribution is -2.19. The highest BCUT2D eigenvalue weighted by Crippen LogP contribution is 2.37. The van der Waals surface area contributed by atoms with Crippen molar-refractivity contribution < 1.29 is 22.7 Å². The normalized spacial score (nSPS) is 13.4. The van der Waals surface area contributed by atoms with E-state index in [1.165, 1.54) is 31.4 Å². The Bertz CT molecular complexity index is 427. The van der Waals surface area contributed by atoms with E-state index in [1.54, 1.807) is 0 Å². The van der Waals surface area contributed by atoms with E-state index in [2.05, 4.69) is 0 Å². The van der Waals surface area contributed by atoms with Gasteiger partial charge in [0.15, 0.2) is 0 Å². The van der Waals surface area contributed by atoms with Crippen molar-refractivity contribution in [3.05, 3.63) is 29.8 Å². The molecule has 0 fully saturated rings. The Morgan fingerprint density at radius 2 is 1.74 bits per heavy atom. The predicted octanol–water partition coefficient (Wildman–Crippen LogP) is 4.21. The summed E-state index contributed by atoms with van der Waals surface area (Å²) >= 11 is -0.172. The van der Waals surface area contributed by atoms with Crippen LogP contribution in [-0.4, -0.2) is 18.6 Å². The second-order valence-corrected chi connectivity index (χ2v) is 5.50. The summed E-state index contributed by atoms with van der Waals surface area (Å²) in [5, 5.41) is 0. The molecule has 1 rings (SSSR count). The number of carbonyl (C=O) groups excluding carboxylic acids is 1. The fraction of sp³-hybridized carbons (Fsp3) is 0.462. The zero-order chi connectivity index (χ0) is 14.6. The summed E-state index contributed by atoms with van der Waals surface area (Å²) in [6, 6.07) is 5.81. The number of esters is 1. The van der Waals surface area contributed by atoms with E-state index in [0.29, 0.717) is 5.56 Å². The Labute approximate surface area is 114 Å². The maximum Gasteiger partial charge on any atom is 0.446 e. The van der Waals surface area contributed by atoms with Crippen LogP contribution in [0.4, 0.5) is 13.2 Å². The molecule has 0 radical (unpaired) electrons. The summed E-state index contributed by atoms with van der Waals surface area (Å²) < 4.78 is 41.3. The topological polar surface area (TPSA) is 26.3 Å². The highest BCUT2D eigenvalue weighted by molar-refractivity contribution is 8.00. The number of thioether (sulfide) groups is 1. The van der Waals surface area contributed by atoms with Crippen LogP contribution in [0.1, 0.15) is 25.3 Å². The molecular formula is C13H15F3O2S. The maximum atomic E-state index is 12.2. The monoisotopic (exact) mass is 292 g/mol. The molecule has 0 bridgehead atoms. The van der Waals surface area contributed by atoms with Crippen LogP contribution in [0.5, 0.6) is 0 Å². The van der Waals surface area contributed by atoms with Gasteiger partial charge in [-0.15, -0.1) is 0 Å². The van der Waals surface area contributed by atoms with Crippen LogP contribution in [0.2, 0.25) is 0 Å². The van der Waals surface area contributed by atoms with Gasteiger partial charge in [-0.2, -0.15) is 13.2 Å². The summed E-state index contributed by atoms with van der Waals surface area (Å²) in [5.74, 6) is -0.838. The summed E-state index contributed by atoms with van der Waals surface area (Å²) in [6.07, 6.45) is 0. The highest BCUT2D eigenvalue weighted by atomic mass is 32.2. The van der Waals surface area contributed by atoms with Crippen molar-refractivity contribution in [1.82, 2.24) is 0 Å². The first-order valence-corrected chi connectivity index (χ1v) is 6.49. The minimum Gasteiger partial charge on any atom is -0.469 e. The SMILES string of the molecule is COC(=O)C(c1ccc(SC(F)(F)F)cc1)C(C)C. The Morgan fingerprint density at radius 3 is 2.11 bits per heavy atom. The van der Waals surface area contributed by atoms with E-state index in [-0.39, 0.29) is 28.5 Å². The van der Waals surface area contributed by atoms with E-state index < -0.39 is 11.4 Å². The summed E-state index contributed by atoms with van der Waals surface area (Å²) in [4.78, 5) is 11.8. The van der Waals surface area contributed by atoms with Crippen molar-refractivity contribution in [2.24, 2.45) is 5.92 Å². The second-order valence-electron chi connectivity index (χ2n) is 4.36. The number of carbonyl (C=O) groups is 1. The number of benzene rings is 1. The van der Waals surface area contributed by atoms with Gasteiger partial charge in [-0.3, -0.25) is 4.79 Å². The number of halogens is 3. The van der Waals surface area contributed by atoms with E-state index in [4.69, 9.17) is 4.74 Å². The largest absolute Gasteiger partial charge is 0.469 e. The van der Waals surface area contributed by atoms with Crippen molar-refractivity contribution >= 4 is 17.7 Å². The van der Waals surface area contributed by atoms with Crippen LogP contribution in [0.3, 0.4) is 0 Å². The molecule has 0 saturated carbocycles. The van der Waals surface area contributed by atoms with E-state index in [1.807, 2.05) is 13.8 Å². The van der Waals surface area contributed by atoms with Gasteiger partial charge in [0.05, 0.1) is 13.0 Å². The van der Waals surface area contributed by atoms with Gasteiger partial charge >= 0.3 is 11.5 Å². The predicted molar refractivity (Wildman–Crippen MR) is 67.9 cm³/mol. The number of methoxy groups -OCH3 is 1. The molecule has 1 aromatic carbocycles. The summed E-state index contributed by atoms with van der Waals surface area (Å²) in [6.45, 7) is 3.72. The van der Waals surface area contributed by atoms with Crippen molar-refractivity contribution in [1.29, 1.82) is 0 Å². The van der Waals surface area contributed by atoms with Crippen LogP contribution in [0, 0.1) is 5.92 Å². The minimum absolute atomic E-state index is 0.00793. The first-order valence-electron chi connectivity index (χ1n) is 5.68. The number of hydrogen-bond donors (Lipinski definition) is 0. The molecule has 0 aliphatic carbocycles. The standard InChI is InChI=1S/C13H15F3O2S/c1-8(2)11(12(17)18-3)9-4-6-10(7-5-9)19-13(14,15)16/h4-8,11H,1-3H3. The molecule has 1 unspecified atom stereocenters. The van der Waals surface area contributed by atoms with Crippen LogP contribution >= 0.6 is 11.8 Å². The van der Waals surface area contributed by atoms with Gasteiger partial charge in [-0.25, -0.2) is 0 Å². The molecule has 0 heterocycles. The molecule has 0 spiro atoms. The molecule has 0 aliphatic rings. The third-order valence-electron chi connectivity index (χ3n) is 2.59. The zero-order valence-corrected chi connectivity index (χ0v) is 11.6. The molecule has 0 aliphatic heterocycles. The van der Waals surface area contributed by atoms with Crippen LogP contribution in [-0.2, 0) is 9.53 Å². The van der Waals surface area contributed by atoms with Crippen molar-refractivity contribution in [3.63, 3.8) is 0 Å². The molecule has 0 aromatic heterocycles. The first-order chi connectivity index (χ1) is 8.74. The average molecular weight is 292 g/mol. The number of hydrogen-bond acceptors (Lipinski definition) is 3. The van der Waals surface area contributed by atoms with Gasteiger partial charge in [0.2, 0.25) is 0 Å². The van der Waals surface area contributed by atoms with E-state index >= 15 is 0 Å². The van der Waals surface area contributed by atoms with Crippen molar-refractivity contribution in [3.8, 4) is 0 Å². The van der Waals surface area contributed by atoms with Gasteiger partial charge < -0.3 is 4.74 Å². The lowest BCUT2D eigenvalue weighted by atomic mass is 9.88. The number of ether oxygens (including phenoxy) is 1. The Balaban J connectivity index is 2.93. The molecule has 1 aromatic rings. The summed E-state index contributed by atoms with van der Waals surface area (Å²) in [7, 11) is 1.30. The zero-order valence-electron chi connectivity index (χ0n) is 10.8. The van der Waals surface area contributed by atoms with Gasteiger partial charge in [0.25, 0.3) is 0 Å². The van der Waals surface area contributed by atoms with Crippen LogP contribution in [0.25, 0.3) is 0 Å². The molecular weight excluding hydrogens is 277 g/mol. The quantitative estimate of drug-likeness (QED) is 0.614. The van der Waals surface area contributed by atoms with E-state index in [0.717, 1.165) is 0 Å². The smallest absolute Gasteiger partial charge is 0.446 e. The molecule has 19 heavy (non-hydrogen) atoms. The highest BCUT2D eigenvalue weighted by Gasteiger charge is 2.30. The molecule has 0 amide bonds. The third-order valence-corrected chi connectivity index (χ3v) is 3.33. The minimum atomic E-state index is -4.30. The molecule has 2 nitrogen and oxygen atoms in total. The third kappa shape index (κ3) is 4.78. The second kappa shape index (κ2) is 6.32. The Hall–Kier alpha value is -1.17.